The van der Waals surface area contributed by atoms with Crippen LogP contribution in [0.15, 0.2) is 36.4 Å². The van der Waals surface area contributed by atoms with Crippen LogP contribution >= 0.6 is 11.3 Å². The Morgan fingerprint density at radius 3 is 2.40 bits per heavy atom. The van der Waals surface area contributed by atoms with E-state index in [1.165, 1.54) is 37.3 Å². The SMILES string of the molecule is CC(C)(CNC(=O)c1ccc(-c2ccc(OC(F)F)cc2)s1)C(=O)O. The Kier molecular flexibility index (Phi) is 5.73. The molecule has 0 radical (unpaired) electrons. The summed E-state index contributed by atoms with van der Waals surface area (Å²) < 4.78 is 28.6. The van der Waals surface area contributed by atoms with Gasteiger partial charge in [0.2, 0.25) is 0 Å². The molecule has 0 aliphatic rings. The molecular formula is C17H17F2NO4S. The van der Waals surface area contributed by atoms with Crippen molar-refractivity contribution in [2.24, 2.45) is 5.41 Å². The first kappa shape index (κ1) is 18.9. The van der Waals surface area contributed by atoms with E-state index in [0.717, 1.165) is 10.4 Å². The molecule has 0 saturated carbocycles. The van der Waals surface area contributed by atoms with Crippen LogP contribution in [0.2, 0.25) is 0 Å². The quantitative estimate of drug-likeness (QED) is 0.777. The van der Waals surface area contributed by atoms with Crippen LogP contribution in [-0.4, -0.2) is 30.1 Å². The molecule has 0 spiro atoms. The third kappa shape index (κ3) is 4.99. The Balaban J connectivity index is 2.04. The number of carboxylic acids is 1. The number of carbonyl (C=O) groups excluding carboxylic acids is 1. The number of alkyl halides is 2. The van der Waals surface area contributed by atoms with Crippen LogP contribution in [0.1, 0.15) is 23.5 Å². The van der Waals surface area contributed by atoms with Gasteiger partial charge in [0.15, 0.2) is 0 Å². The minimum Gasteiger partial charge on any atom is -0.481 e. The minimum absolute atomic E-state index is 0.00800. The summed E-state index contributed by atoms with van der Waals surface area (Å²) in [5.41, 5.74) is -0.299. The predicted molar refractivity (Wildman–Crippen MR) is 90.1 cm³/mol. The van der Waals surface area contributed by atoms with Crippen molar-refractivity contribution in [3.05, 3.63) is 41.3 Å². The predicted octanol–water partition coefficient (Wildman–Crippen LogP) is 3.86. The highest BCUT2D eigenvalue weighted by Gasteiger charge is 2.27. The second-order valence-electron chi connectivity index (χ2n) is 5.94. The van der Waals surface area contributed by atoms with Gasteiger partial charge in [0.05, 0.1) is 10.3 Å². The van der Waals surface area contributed by atoms with Gasteiger partial charge in [0.25, 0.3) is 5.91 Å². The van der Waals surface area contributed by atoms with Crippen molar-refractivity contribution < 1.29 is 28.2 Å². The first-order valence-electron chi connectivity index (χ1n) is 7.36. The summed E-state index contributed by atoms with van der Waals surface area (Å²) >= 11 is 1.22. The Morgan fingerprint density at radius 1 is 1.20 bits per heavy atom. The van der Waals surface area contributed by atoms with Crippen LogP contribution in [0.5, 0.6) is 5.75 Å². The third-order valence-electron chi connectivity index (χ3n) is 3.46. The molecule has 0 saturated heterocycles. The van der Waals surface area contributed by atoms with Crippen molar-refractivity contribution in [3.8, 4) is 16.2 Å². The van der Waals surface area contributed by atoms with E-state index >= 15 is 0 Å². The van der Waals surface area contributed by atoms with E-state index in [1.54, 1.807) is 24.3 Å². The lowest BCUT2D eigenvalue weighted by Gasteiger charge is -2.19. The smallest absolute Gasteiger partial charge is 0.387 e. The normalized spacial score (nSPS) is 11.4. The van der Waals surface area contributed by atoms with Crippen molar-refractivity contribution in [3.63, 3.8) is 0 Å². The third-order valence-corrected chi connectivity index (χ3v) is 4.60. The maximum absolute atomic E-state index is 12.1. The fraction of sp³-hybridized carbons (Fsp3) is 0.294. The number of nitrogens with one attached hydrogen (secondary N) is 1. The molecule has 1 aromatic carbocycles. The highest BCUT2D eigenvalue weighted by atomic mass is 32.1. The minimum atomic E-state index is -2.88. The van der Waals surface area contributed by atoms with Gasteiger partial charge < -0.3 is 15.2 Å². The van der Waals surface area contributed by atoms with Gasteiger partial charge >= 0.3 is 12.6 Å². The number of halogens is 2. The summed E-state index contributed by atoms with van der Waals surface area (Å²) in [5.74, 6) is -1.29. The zero-order valence-corrected chi connectivity index (χ0v) is 14.4. The molecule has 25 heavy (non-hydrogen) atoms. The van der Waals surface area contributed by atoms with E-state index in [0.29, 0.717) is 4.88 Å². The molecule has 0 bridgehead atoms. The van der Waals surface area contributed by atoms with Crippen LogP contribution in [0.3, 0.4) is 0 Å². The molecule has 0 aliphatic carbocycles. The van der Waals surface area contributed by atoms with Crippen LogP contribution in [0, 0.1) is 5.41 Å². The molecule has 0 unspecified atom stereocenters. The van der Waals surface area contributed by atoms with Crippen LogP contribution in [0.25, 0.3) is 10.4 Å². The molecule has 8 heteroatoms. The number of hydrogen-bond donors (Lipinski definition) is 2. The van der Waals surface area contributed by atoms with Gasteiger partial charge in [-0.3, -0.25) is 9.59 Å². The molecule has 0 aliphatic heterocycles. The first-order valence-corrected chi connectivity index (χ1v) is 8.17. The lowest BCUT2D eigenvalue weighted by atomic mass is 9.94. The Labute approximate surface area is 147 Å². The summed E-state index contributed by atoms with van der Waals surface area (Å²) in [5, 5.41) is 11.7. The van der Waals surface area contributed by atoms with Gasteiger partial charge in [-0.05, 0) is 55.8 Å². The lowest BCUT2D eigenvalue weighted by molar-refractivity contribution is -0.146. The first-order chi connectivity index (χ1) is 11.7. The van der Waals surface area contributed by atoms with Gasteiger partial charge in [0, 0.05) is 11.4 Å². The summed E-state index contributed by atoms with van der Waals surface area (Å²) in [6.45, 7) is 0.184. The number of rotatable bonds is 7. The average Bonchev–Trinajstić information content (AvgIpc) is 3.02. The molecule has 0 atom stereocenters. The monoisotopic (exact) mass is 369 g/mol. The molecule has 1 amide bonds. The summed E-state index contributed by atoms with van der Waals surface area (Å²) in [4.78, 5) is 24.4. The second-order valence-corrected chi connectivity index (χ2v) is 7.02. The fourth-order valence-corrected chi connectivity index (χ4v) is 2.81. The number of thiophene rings is 1. The van der Waals surface area contributed by atoms with Crippen molar-refractivity contribution in [1.82, 2.24) is 5.32 Å². The molecule has 2 rings (SSSR count). The van der Waals surface area contributed by atoms with E-state index < -0.39 is 18.0 Å². The molecular weight excluding hydrogens is 352 g/mol. The fourth-order valence-electron chi connectivity index (χ4n) is 1.88. The van der Waals surface area contributed by atoms with Crippen molar-refractivity contribution in [2.75, 3.05) is 6.54 Å². The van der Waals surface area contributed by atoms with Gasteiger partial charge in [-0.25, -0.2) is 0 Å². The number of benzene rings is 1. The van der Waals surface area contributed by atoms with Crippen molar-refractivity contribution in [2.45, 2.75) is 20.5 Å². The molecule has 134 valence electrons. The standard InChI is InChI=1S/C17H17F2NO4S/c1-17(2,15(22)23)9-20-14(21)13-8-7-12(25-13)10-3-5-11(6-4-10)24-16(18)19/h3-8,16H,9H2,1-2H3,(H,20,21)(H,22,23). The van der Waals surface area contributed by atoms with Gasteiger partial charge in [-0.15, -0.1) is 11.3 Å². The van der Waals surface area contributed by atoms with E-state index in [9.17, 15) is 18.4 Å². The molecule has 5 nitrogen and oxygen atoms in total. The topological polar surface area (TPSA) is 75.6 Å². The maximum Gasteiger partial charge on any atom is 0.387 e. The van der Waals surface area contributed by atoms with E-state index in [4.69, 9.17) is 5.11 Å². The molecule has 1 heterocycles. The molecule has 1 aromatic heterocycles. The van der Waals surface area contributed by atoms with Crippen LogP contribution in [0.4, 0.5) is 8.78 Å². The number of hydrogen-bond acceptors (Lipinski definition) is 4. The zero-order chi connectivity index (χ0) is 18.6. The van der Waals surface area contributed by atoms with E-state index in [-0.39, 0.29) is 18.2 Å². The maximum atomic E-state index is 12.1. The van der Waals surface area contributed by atoms with E-state index in [2.05, 4.69) is 10.1 Å². The second kappa shape index (κ2) is 7.60. The van der Waals surface area contributed by atoms with Crippen LogP contribution < -0.4 is 10.1 Å². The van der Waals surface area contributed by atoms with Crippen molar-refractivity contribution >= 4 is 23.2 Å². The van der Waals surface area contributed by atoms with E-state index in [1.807, 2.05) is 0 Å². The average molecular weight is 369 g/mol. The number of amides is 1. The Morgan fingerprint density at radius 2 is 1.84 bits per heavy atom. The lowest BCUT2D eigenvalue weighted by Crippen LogP contribution is -2.38. The van der Waals surface area contributed by atoms with Crippen molar-refractivity contribution in [1.29, 1.82) is 0 Å². The Hall–Kier alpha value is -2.48. The number of aliphatic carboxylic acids is 1. The molecule has 2 aromatic rings. The van der Waals surface area contributed by atoms with Gasteiger partial charge in [-0.2, -0.15) is 8.78 Å². The highest BCUT2D eigenvalue weighted by Crippen LogP contribution is 2.30. The number of carbonyl (C=O) groups is 2. The molecule has 2 N–H and O–H groups in total. The summed E-state index contributed by atoms with van der Waals surface area (Å²) in [6, 6.07) is 9.47. The Bertz CT molecular complexity index is 756. The number of carboxylic acid groups (broad SMARTS) is 1. The summed E-state index contributed by atoms with van der Waals surface area (Å²) in [6.07, 6.45) is 0. The zero-order valence-electron chi connectivity index (χ0n) is 13.6. The molecule has 0 fully saturated rings. The largest absolute Gasteiger partial charge is 0.481 e. The highest BCUT2D eigenvalue weighted by molar-refractivity contribution is 7.17. The van der Waals surface area contributed by atoms with Gasteiger partial charge in [0.1, 0.15) is 5.75 Å². The van der Waals surface area contributed by atoms with Gasteiger partial charge in [-0.1, -0.05) is 0 Å². The summed E-state index contributed by atoms with van der Waals surface area (Å²) in [7, 11) is 0. The number of ether oxygens (including phenoxy) is 1. The van der Waals surface area contributed by atoms with Crippen LogP contribution in [-0.2, 0) is 4.79 Å².